The van der Waals surface area contributed by atoms with Crippen LogP contribution in [0.15, 0.2) is 24.3 Å². The summed E-state index contributed by atoms with van der Waals surface area (Å²) in [6, 6.07) is 7.38. The smallest absolute Gasteiger partial charge is 0.268 e. The number of carbonyl (C=O) groups is 2. The van der Waals surface area contributed by atoms with Gasteiger partial charge >= 0.3 is 0 Å². The fourth-order valence-electron chi connectivity index (χ4n) is 3.50. The zero-order chi connectivity index (χ0) is 17.1. The van der Waals surface area contributed by atoms with Crippen molar-refractivity contribution in [1.29, 1.82) is 0 Å². The molecule has 2 unspecified atom stereocenters. The first-order valence-corrected chi connectivity index (χ1v) is 8.59. The summed E-state index contributed by atoms with van der Waals surface area (Å²) in [6.07, 6.45) is 1.59. The van der Waals surface area contributed by atoms with E-state index in [-0.39, 0.29) is 18.4 Å². The summed E-state index contributed by atoms with van der Waals surface area (Å²) >= 11 is 0. The summed E-state index contributed by atoms with van der Waals surface area (Å²) in [5, 5.41) is 3.19. The predicted octanol–water partition coefficient (Wildman–Crippen LogP) is 1.26. The minimum atomic E-state index is -0.564. The van der Waals surface area contributed by atoms with Crippen LogP contribution in [0.3, 0.4) is 0 Å². The van der Waals surface area contributed by atoms with Crippen LogP contribution in [-0.2, 0) is 9.59 Å². The average Bonchev–Trinajstić information content (AvgIpc) is 2.59. The number of nitrogens with one attached hydrogen (secondary N) is 1. The van der Waals surface area contributed by atoms with Gasteiger partial charge in [-0.1, -0.05) is 12.1 Å². The highest BCUT2D eigenvalue weighted by atomic mass is 16.5. The molecule has 0 spiro atoms. The van der Waals surface area contributed by atoms with Gasteiger partial charge in [-0.15, -0.1) is 0 Å². The molecule has 0 aromatic heterocycles. The van der Waals surface area contributed by atoms with E-state index in [0.717, 1.165) is 32.5 Å². The number of ether oxygens (including phenoxy) is 1. The first kappa shape index (κ1) is 16.8. The molecule has 6 heteroatoms. The Morgan fingerprint density at radius 1 is 1.38 bits per heavy atom. The third-order valence-electron chi connectivity index (χ3n) is 4.73. The summed E-state index contributed by atoms with van der Waals surface area (Å²) in [7, 11) is 1.94. The quantitative estimate of drug-likeness (QED) is 0.902. The maximum absolute atomic E-state index is 12.7. The van der Waals surface area contributed by atoms with E-state index in [1.165, 1.54) is 0 Å². The Hall–Kier alpha value is -2.08. The number of likely N-dealkylation sites (tertiary alicyclic amines) is 1. The first-order valence-electron chi connectivity index (χ1n) is 8.59. The summed E-state index contributed by atoms with van der Waals surface area (Å²) in [5.74, 6) is 0.988. The fourth-order valence-corrected chi connectivity index (χ4v) is 3.50. The molecule has 0 bridgehead atoms. The van der Waals surface area contributed by atoms with Crippen LogP contribution < -0.4 is 15.0 Å². The molecule has 1 N–H and O–H groups in total. The van der Waals surface area contributed by atoms with Gasteiger partial charge in [-0.05, 0) is 51.4 Å². The lowest BCUT2D eigenvalue weighted by atomic mass is 9.98. The molecule has 2 aliphatic heterocycles. The van der Waals surface area contributed by atoms with Gasteiger partial charge in [0.25, 0.3) is 5.91 Å². The van der Waals surface area contributed by atoms with Gasteiger partial charge in [0.2, 0.25) is 5.91 Å². The van der Waals surface area contributed by atoms with Crippen molar-refractivity contribution in [3.63, 3.8) is 0 Å². The molecule has 1 saturated heterocycles. The minimum absolute atomic E-state index is 0.00746. The number of amides is 2. The molecule has 24 heavy (non-hydrogen) atoms. The molecule has 1 fully saturated rings. The Morgan fingerprint density at radius 3 is 2.96 bits per heavy atom. The number of anilines is 1. The van der Waals surface area contributed by atoms with E-state index in [9.17, 15) is 9.59 Å². The maximum atomic E-state index is 12.7. The lowest BCUT2D eigenvalue weighted by Crippen LogP contribution is -2.51. The van der Waals surface area contributed by atoms with Crippen LogP contribution in [0.4, 0.5) is 5.69 Å². The number of rotatable bonds is 4. The van der Waals surface area contributed by atoms with Crippen molar-refractivity contribution >= 4 is 17.5 Å². The van der Waals surface area contributed by atoms with E-state index < -0.39 is 6.10 Å². The molecule has 2 atom stereocenters. The Morgan fingerprint density at radius 2 is 2.17 bits per heavy atom. The zero-order valence-corrected chi connectivity index (χ0v) is 14.3. The third-order valence-corrected chi connectivity index (χ3v) is 4.73. The van der Waals surface area contributed by atoms with Gasteiger partial charge in [0.15, 0.2) is 6.10 Å². The molecule has 2 amide bonds. The van der Waals surface area contributed by atoms with Gasteiger partial charge in [-0.25, -0.2) is 0 Å². The largest absolute Gasteiger partial charge is 0.479 e. The molecule has 1 aromatic rings. The number of benzene rings is 1. The number of hydrogen-bond donors (Lipinski definition) is 1. The van der Waals surface area contributed by atoms with Crippen LogP contribution in [0.5, 0.6) is 5.75 Å². The minimum Gasteiger partial charge on any atom is -0.479 e. The highest BCUT2D eigenvalue weighted by molar-refractivity contribution is 6.03. The van der Waals surface area contributed by atoms with Crippen molar-refractivity contribution in [2.24, 2.45) is 5.92 Å². The molecule has 1 aromatic carbocycles. The summed E-state index contributed by atoms with van der Waals surface area (Å²) in [5.41, 5.74) is 0.678. The van der Waals surface area contributed by atoms with E-state index in [2.05, 4.69) is 5.32 Å². The van der Waals surface area contributed by atoms with Gasteiger partial charge < -0.3 is 15.0 Å². The molecule has 0 saturated carbocycles. The van der Waals surface area contributed by atoms with Crippen LogP contribution in [0.2, 0.25) is 0 Å². The normalized spacial score (nSPS) is 23.7. The fraction of sp³-hybridized carbons (Fsp3) is 0.556. The van der Waals surface area contributed by atoms with E-state index in [1.807, 2.05) is 36.2 Å². The van der Waals surface area contributed by atoms with Crippen molar-refractivity contribution in [1.82, 2.24) is 10.2 Å². The molecule has 130 valence electrons. The third kappa shape index (κ3) is 3.38. The molecular weight excluding hydrogens is 306 g/mol. The maximum Gasteiger partial charge on any atom is 0.268 e. The average molecular weight is 331 g/mol. The molecule has 0 aliphatic carbocycles. The zero-order valence-electron chi connectivity index (χ0n) is 14.3. The Balaban J connectivity index is 1.72. The second-order valence-electron chi connectivity index (χ2n) is 6.56. The summed E-state index contributed by atoms with van der Waals surface area (Å²) in [4.78, 5) is 28.7. The lowest BCUT2D eigenvalue weighted by molar-refractivity contribution is -0.134. The highest BCUT2D eigenvalue weighted by Crippen LogP contribution is 2.33. The second kappa shape index (κ2) is 7.21. The molecule has 0 radical (unpaired) electrons. The molecule has 6 nitrogen and oxygen atoms in total. The van der Waals surface area contributed by atoms with Gasteiger partial charge in [0.1, 0.15) is 12.3 Å². The standard InChI is InChI=1S/C18H25N3O3/c1-13-18(23)21(15-7-3-4-8-16(15)24-13)12-17(22)20-9-5-6-14(11-20)10-19-2/h3-4,7-8,13-14,19H,5-6,9-12H2,1-2H3. The topological polar surface area (TPSA) is 61.9 Å². The van der Waals surface area contributed by atoms with Crippen LogP contribution in [-0.4, -0.2) is 56.0 Å². The highest BCUT2D eigenvalue weighted by Gasteiger charge is 2.34. The van der Waals surface area contributed by atoms with Crippen molar-refractivity contribution < 1.29 is 14.3 Å². The van der Waals surface area contributed by atoms with Gasteiger partial charge in [0.05, 0.1) is 5.69 Å². The summed E-state index contributed by atoms with van der Waals surface area (Å²) in [6.45, 7) is 4.25. The second-order valence-corrected chi connectivity index (χ2v) is 6.56. The van der Waals surface area contributed by atoms with Crippen molar-refractivity contribution in [3.8, 4) is 5.75 Å². The predicted molar refractivity (Wildman–Crippen MR) is 92.1 cm³/mol. The van der Waals surface area contributed by atoms with Gasteiger partial charge in [0, 0.05) is 13.1 Å². The number of hydrogen-bond acceptors (Lipinski definition) is 4. The molecule has 2 aliphatic rings. The lowest BCUT2D eigenvalue weighted by Gasteiger charge is -2.36. The van der Waals surface area contributed by atoms with Crippen LogP contribution >= 0.6 is 0 Å². The van der Waals surface area contributed by atoms with E-state index in [4.69, 9.17) is 4.74 Å². The van der Waals surface area contributed by atoms with Crippen LogP contribution in [0.25, 0.3) is 0 Å². The van der Waals surface area contributed by atoms with E-state index in [1.54, 1.807) is 11.8 Å². The Bertz CT molecular complexity index is 617. The van der Waals surface area contributed by atoms with Crippen molar-refractivity contribution in [2.45, 2.75) is 25.9 Å². The monoisotopic (exact) mass is 331 g/mol. The molecular formula is C18H25N3O3. The Labute approximate surface area is 142 Å². The number of fused-ring (bicyclic) bond motifs is 1. The Kier molecular flexibility index (Phi) is 5.04. The van der Waals surface area contributed by atoms with Gasteiger partial charge in [-0.2, -0.15) is 0 Å². The van der Waals surface area contributed by atoms with Crippen LogP contribution in [0, 0.1) is 5.92 Å². The summed E-state index contributed by atoms with van der Waals surface area (Å²) < 4.78 is 5.63. The number of piperidine rings is 1. The number of carbonyl (C=O) groups excluding carboxylic acids is 2. The van der Waals surface area contributed by atoms with E-state index in [0.29, 0.717) is 17.4 Å². The number of nitrogens with zero attached hydrogens (tertiary/aromatic N) is 2. The van der Waals surface area contributed by atoms with Gasteiger partial charge in [-0.3, -0.25) is 14.5 Å². The van der Waals surface area contributed by atoms with Crippen molar-refractivity contribution in [3.05, 3.63) is 24.3 Å². The van der Waals surface area contributed by atoms with Crippen molar-refractivity contribution in [2.75, 3.05) is 38.1 Å². The van der Waals surface area contributed by atoms with Crippen LogP contribution in [0.1, 0.15) is 19.8 Å². The first-order chi connectivity index (χ1) is 11.6. The van der Waals surface area contributed by atoms with E-state index >= 15 is 0 Å². The molecule has 2 heterocycles. The SMILES string of the molecule is CNCC1CCCN(C(=O)CN2C(=O)C(C)Oc3ccccc32)C1. The molecule has 3 rings (SSSR count). The number of para-hydroxylation sites is 2.